The molecule has 1 atom stereocenters. The molecule has 0 saturated carbocycles. The summed E-state index contributed by atoms with van der Waals surface area (Å²) in [7, 11) is 0. The van der Waals surface area contributed by atoms with E-state index in [4.69, 9.17) is 10.5 Å². The van der Waals surface area contributed by atoms with Crippen molar-refractivity contribution in [2.24, 2.45) is 5.73 Å². The van der Waals surface area contributed by atoms with E-state index in [2.05, 4.69) is 39.8 Å². The zero-order chi connectivity index (χ0) is 15.0. The minimum atomic E-state index is 0.369. The molecule has 1 aromatic rings. The molecule has 0 radical (unpaired) electrons. The van der Waals surface area contributed by atoms with Gasteiger partial charge in [-0.05, 0) is 68.7 Å². The molecule has 2 nitrogen and oxygen atoms in total. The number of nitrogens with two attached hydrogens (primary N) is 1. The molecule has 0 aliphatic rings. The summed E-state index contributed by atoms with van der Waals surface area (Å²) in [5, 5.41) is 0. The zero-order valence-electron chi connectivity index (χ0n) is 13.7. The maximum absolute atomic E-state index is 6.08. The van der Waals surface area contributed by atoms with Gasteiger partial charge in [0.2, 0.25) is 0 Å². The molecule has 0 saturated heterocycles. The third-order valence-corrected chi connectivity index (χ3v) is 3.78. The Hall–Kier alpha value is -1.02. The molecule has 0 heterocycles. The van der Waals surface area contributed by atoms with Crippen molar-refractivity contribution in [1.82, 2.24) is 0 Å². The molecule has 1 aromatic carbocycles. The molecule has 0 aromatic heterocycles. The van der Waals surface area contributed by atoms with E-state index in [1.54, 1.807) is 0 Å². The van der Waals surface area contributed by atoms with Gasteiger partial charge < -0.3 is 10.5 Å². The summed E-state index contributed by atoms with van der Waals surface area (Å²) >= 11 is 0. The molecule has 1 rings (SSSR count). The Morgan fingerprint density at radius 1 is 1.05 bits per heavy atom. The quantitative estimate of drug-likeness (QED) is 0.719. The predicted octanol–water partition coefficient (Wildman–Crippen LogP) is 4.54. The molecule has 1 unspecified atom stereocenters. The van der Waals surface area contributed by atoms with Crippen LogP contribution in [0.3, 0.4) is 0 Å². The maximum atomic E-state index is 6.08. The lowest BCUT2D eigenvalue weighted by Crippen LogP contribution is -2.19. The van der Waals surface area contributed by atoms with Crippen LogP contribution in [0.15, 0.2) is 12.1 Å². The summed E-state index contributed by atoms with van der Waals surface area (Å²) in [6, 6.07) is 4.84. The normalized spacial score (nSPS) is 12.4. The van der Waals surface area contributed by atoms with E-state index in [1.165, 1.54) is 29.5 Å². The second-order valence-electron chi connectivity index (χ2n) is 5.83. The van der Waals surface area contributed by atoms with Crippen LogP contribution in [0.1, 0.15) is 62.6 Å². The van der Waals surface area contributed by atoms with Gasteiger partial charge in [0, 0.05) is 6.04 Å². The molecule has 0 spiro atoms. The number of aryl methyl sites for hydroxylation is 3. The van der Waals surface area contributed by atoms with Crippen LogP contribution in [0.2, 0.25) is 0 Å². The van der Waals surface area contributed by atoms with E-state index in [0.717, 1.165) is 38.0 Å². The lowest BCUT2D eigenvalue weighted by Gasteiger charge is -2.14. The average Bonchev–Trinajstić information content (AvgIpc) is 2.41. The van der Waals surface area contributed by atoms with Crippen molar-refractivity contribution in [1.29, 1.82) is 0 Å². The summed E-state index contributed by atoms with van der Waals surface area (Å²) in [4.78, 5) is 0. The zero-order valence-corrected chi connectivity index (χ0v) is 13.7. The highest BCUT2D eigenvalue weighted by atomic mass is 16.5. The largest absolute Gasteiger partial charge is 0.493 e. The summed E-state index contributed by atoms with van der Waals surface area (Å²) in [5.74, 6) is 1.04. The lowest BCUT2D eigenvalue weighted by molar-refractivity contribution is 0.315. The molecule has 114 valence electrons. The highest BCUT2D eigenvalue weighted by Crippen LogP contribution is 2.24. The van der Waals surface area contributed by atoms with Crippen molar-refractivity contribution in [3.05, 3.63) is 28.8 Å². The predicted molar refractivity (Wildman–Crippen MR) is 87.5 cm³/mol. The fourth-order valence-electron chi connectivity index (χ4n) is 2.56. The minimum absolute atomic E-state index is 0.369. The summed E-state index contributed by atoms with van der Waals surface area (Å²) in [6.45, 7) is 9.44. The van der Waals surface area contributed by atoms with Gasteiger partial charge in [-0.25, -0.2) is 0 Å². The van der Waals surface area contributed by atoms with Crippen LogP contribution in [0.5, 0.6) is 5.75 Å². The highest BCUT2D eigenvalue weighted by molar-refractivity contribution is 5.41. The molecule has 0 aliphatic heterocycles. The Kier molecular flexibility index (Phi) is 7.68. The number of rotatable bonds is 9. The molecular formula is C18H31NO. The van der Waals surface area contributed by atoms with Gasteiger partial charge in [-0.15, -0.1) is 0 Å². The van der Waals surface area contributed by atoms with Crippen molar-refractivity contribution >= 4 is 0 Å². The van der Waals surface area contributed by atoms with Crippen LogP contribution in [-0.2, 0) is 6.42 Å². The van der Waals surface area contributed by atoms with E-state index >= 15 is 0 Å². The maximum Gasteiger partial charge on any atom is 0.122 e. The molecule has 2 heteroatoms. The third kappa shape index (κ3) is 5.54. The summed E-state index contributed by atoms with van der Waals surface area (Å²) < 4.78 is 5.78. The first-order valence-corrected chi connectivity index (χ1v) is 8.07. The van der Waals surface area contributed by atoms with Gasteiger partial charge in [-0.3, -0.25) is 0 Å². The topological polar surface area (TPSA) is 35.2 Å². The fraction of sp³-hybridized carbons (Fsp3) is 0.667. The van der Waals surface area contributed by atoms with Gasteiger partial charge >= 0.3 is 0 Å². The Bertz CT molecular complexity index is 401. The third-order valence-electron chi connectivity index (χ3n) is 3.78. The van der Waals surface area contributed by atoms with Gasteiger partial charge in [0.25, 0.3) is 0 Å². The van der Waals surface area contributed by atoms with Crippen molar-refractivity contribution in [2.45, 2.75) is 72.3 Å². The van der Waals surface area contributed by atoms with Crippen LogP contribution in [0.4, 0.5) is 0 Å². The molecule has 20 heavy (non-hydrogen) atoms. The smallest absolute Gasteiger partial charge is 0.122 e. The summed E-state index contributed by atoms with van der Waals surface area (Å²) in [5.41, 5.74) is 10.1. The highest BCUT2D eigenvalue weighted by Gasteiger charge is 2.07. The van der Waals surface area contributed by atoms with Crippen LogP contribution in [-0.4, -0.2) is 12.6 Å². The second-order valence-corrected chi connectivity index (χ2v) is 5.83. The van der Waals surface area contributed by atoms with Gasteiger partial charge in [0.1, 0.15) is 5.75 Å². The number of hydrogen-bond acceptors (Lipinski definition) is 2. The number of ether oxygens (including phenoxy) is 1. The van der Waals surface area contributed by atoms with E-state index in [9.17, 15) is 0 Å². The van der Waals surface area contributed by atoms with Crippen molar-refractivity contribution in [2.75, 3.05) is 6.61 Å². The molecule has 2 N–H and O–H groups in total. The van der Waals surface area contributed by atoms with Gasteiger partial charge in [-0.2, -0.15) is 0 Å². The molecular weight excluding hydrogens is 246 g/mol. The van der Waals surface area contributed by atoms with Gasteiger partial charge in [0.05, 0.1) is 6.61 Å². The number of benzene rings is 1. The Morgan fingerprint density at radius 2 is 1.80 bits per heavy atom. The second kappa shape index (κ2) is 9.02. The van der Waals surface area contributed by atoms with E-state index in [0.29, 0.717) is 6.04 Å². The van der Waals surface area contributed by atoms with Crippen LogP contribution in [0, 0.1) is 13.8 Å². The van der Waals surface area contributed by atoms with E-state index in [-0.39, 0.29) is 0 Å². The lowest BCUT2D eigenvalue weighted by atomic mass is 9.97. The van der Waals surface area contributed by atoms with Gasteiger partial charge in [-0.1, -0.05) is 26.3 Å². The molecule has 0 bridgehead atoms. The fourth-order valence-corrected chi connectivity index (χ4v) is 2.56. The van der Waals surface area contributed by atoms with E-state index in [1.807, 2.05) is 0 Å². The monoisotopic (exact) mass is 277 g/mol. The standard InChI is InChI=1S/C18H31NO/c1-5-8-17(19)10-7-9-16-12-15(4)18(13-14(16)3)20-11-6-2/h12-13,17H,5-11,19H2,1-4H3. The van der Waals surface area contributed by atoms with Crippen LogP contribution in [0.25, 0.3) is 0 Å². The van der Waals surface area contributed by atoms with Crippen molar-refractivity contribution in [3.63, 3.8) is 0 Å². The van der Waals surface area contributed by atoms with Gasteiger partial charge in [0.15, 0.2) is 0 Å². The van der Waals surface area contributed by atoms with Crippen molar-refractivity contribution in [3.8, 4) is 5.75 Å². The average molecular weight is 277 g/mol. The van der Waals surface area contributed by atoms with Crippen LogP contribution >= 0.6 is 0 Å². The Labute approximate surface area is 124 Å². The minimum Gasteiger partial charge on any atom is -0.493 e. The first-order valence-electron chi connectivity index (χ1n) is 8.07. The Morgan fingerprint density at radius 3 is 2.45 bits per heavy atom. The SMILES string of the molecule is CCCOc1cc(C)c(CCCC(N)CCC)cc1C. The first-order chi connectivity index (χ1) is 9.58. The molecule has 0 fully saturated rings. The molecule has 0 amide bonds. The Balaban J connectivity index is 2.56. The number of hydrogen-bond donors (Lipinski definition) is 1. The van der Waals surface area contributed by atoms with Crippen LogP contribution < -0.4 is 10.5 Å². The summed E-state index contributed by atoms with van der Waals surface area (Å²) in [6.07, 6.45) is 6.80. The van der Waals surface area contributed by atoms with E-state index < -0.39 is 0 Å². The molecule has 0 aliphatic carbocycles. The van der Waals surface area contributed by atoms with Crippen molar-refractivity contribution < 1.29 is 4.74 Å². The first kappa shape index (κ1) is 17.0.